The van der Waals surface area contributed by atoms with E-state index in [1.54, 1.807) is 0 Å². The molecule has 0 unspecified atom stereocenters. The molecule has 3 rings (SSSR count). The summed E-state index contributed by atoms with van der Waals surface area (Å²) in [6.07, 6.45) is 2.82. The maximum Gasteiger partial charge on any atom is 0.0790 e. The fourth-order valence-corrected chi connectivity index (χ4v) is 2.43. The van der Waals surface area contributed by atoms with E-state index in [9.17, 15) is 0 Å². The minimum absolute atomic E-state index is 0.680. The van der Waals surface area contributed by atoms with E-state index in [0.717, 1.165) is 23.2 Å². The predicted octanol–water partition coefficient (Wildman–Crippen LogP) is 2.71. The van der Waals surface area contributed by atoms with Crippen LogP contribution >= 0.6 is 15.9 Å². The second-order valence-electron chi connectivity index (χ2n) is 3.78. The molecule has 0 amide bonds. The van der Waals surface area contributed by atoms with Crippen molar-refractivity contribution in [3.8, 4) is 5.69 Å². The molecule has 16 heavy (non-hydrogen) atoms. The Morgan fingerprint density at radius 2 is 2.19 bits per heavy atom. The number of nitrogens with zero attached hydrogens (tertiary/aromatic N) is 2. The van der Waals surface area contributed by atoms with Crippen LogP contribution in [0.2, 0.25) is 0 Å². The lowest BCUT2D eigenvalue weighted by molar-refractivity contribution is 0.109. The average molecular weight is 279 g/mol. The lowest BCUT2D eigenvalue weighted by atomic mass is 10.1. The van der Waals surface area contributed by atoms with Crippen LogP contribution in [-0.4, -0.2) is 16.4 Å². The molecule has 0 radical (unpaired) electrons. The van der Waals surface area contributed by atoms with E-state index in [-0.39, 0.29) is 0 Å². The SMILES string of the molecule is Brc1ccccc1-n1ncc2c1CCOC2. The molecule has 0 atom stereocenters. The van der Waals surface area contributed by atoms with Gasteiger partial charge < -0.3 is 4.74 Å². The van der Waals surface area contributed by atoms with Gasteiger partial charge in [-0.15, -0.1) is 0 Å². The zero-order valence-corrected chi connectivity index (χ0v) is 10.3. The van der Waals surface area contributed by atoms with Gasteiger partial charge in [-0.2, -0.15) is 5.10 Å². The third kappa shape index (κ3) is 1.58. The average Bonchev–Trinajstić information content (AvgIpc) is 2.74. The Kier molecular flexibility index (Phi) is 2.53. The number of aromatic nitrogens is 2. The normalized spacial score (nSPS) is 14.8. The molecule has 3 nitrogen and oxygen atoms in total. The first-order valence-electron chi connectivity index (χ1n) is 5.24. The molecule has 0 aliphatic carbocycles. The number of halogens is 1. The van der Waals surface area contributed by atoms with Crippen LogP contribution in [0.5, 0.6) is 0 Å². The highest BCUT2D eigenvalue weighted by molar-refractivity contribution is 9.10. The van der Waals surface area contributed by atoms with Gasteiger partial charge in [0.05, 0.1) is 30.8 Å². The summed E-state index contributed by atoms with van der Waals surface area (Å²) in [5, 5.41) is 4.44. The van der Waals surface area contributed by atoms with Crippen molar-refractivity contribution in [1.29, 1.82) is 0 Å². The zero-order valence-electron chi connectivity index (χ0n) is 8.69. The maximum atomic E-state index is 5.41. The number of benzene rings is 1. The van der Waals surface area contributed by atoms with Gasteiger partial charge in [0, 0.05) is 16.5 Å². The highest BCUT2D eigenvalue weighted by atomic mass is 79.9. The van der Waals surface area contributed by atoms with Gasteiger partial charge in [-0.05, 0) is 28.1 Å². The number of ether oxygens (including phenoxy) is 1. The van der Waals surface area contributed by atoms with Crippen LogP contribution < -0.4 is 0 Å². The van der Waals surface area contributed by atoms with Crippen LogP contribution in [-0.2, 0) is 17.8 Å². The molecule has 82 valence electrons. The van der Waals surface area contributed by atoms with Gasteiger partial charge in [-0.1, -0.05) is 12.1 Å². The van der Waals surface area contributed by atoms with Crippen molar-refractivity contribution >= 4 is 15.9 Å². The second kappa shape index (κ2) is 4.03. The summed E-state index contributed by atoms with van der Waals surface area (Å²) in [5.41, 5.74) is 3.55. The molecule has 0 bridgehead atoms. The van der Waals surface area contributed by atoms with Gasteiger partial charge in [-0.25, -0.2) is 4.68 Å². The number of fused-ring (bicyclic) bond motifs is 1. The molecule has 0 saturated carbocycles. The summed E-state index contributed by atoms with van der Waals surface area (Å²) in [7, 11) is 0. The van der Waals surface area contributed by atoms with Gasteiger partial charge in [0.1, 0.15) is 0 Å². The number of para-hydroxylation sites is 1. The fraction of sp³-hybridized carbons (Fsp3) is 0.250. The van der Waals surface area contributed by atoms with Crippen LogP contribution in [0.25, 0.3) is 5.69 Å². The molecule has 4 heteroatoms. The molecule has 1 aromatic carbocycles. The Labute approximate surface area is 102 Å². The molecule has 0 N–H and O–H groups in total. The van der Waals surface area contributed by atoms with E-state index in [2.05, 4.69) is 27.1 Å². The van der Waals surface area contributed by atoms with Crippen LogP contribution in [0.3, 0.4) is 0 Å². The van der Waals surface area contributed by atoms with Crippen LogP contribution in [0.4, 0.5) is 0 Å². The Balaban J connectivity index is 2.13. The van der Waals surface area contributed by atoms with Crippen molar-refractivity contribution in [2.24, 2.45) is 0 Å². The third-order valence-electron chi connectivity index (χ3n) is 2.78. The largest absolute Gasteiger partial charge is 0.376 e. The van der Waals surface area contributed by atoms with Crippen molar-refractivity contribution in [2.75, 3.05) is 6.61 Å². The lowest BCUT2D eigenvalue weighted by Gasteiger charge is -2.15. The monoisotopic (exact) mass is 278 g/mol. The van der Waals surface area contributed by atoms with E-state index in [4.69, 9.17) is 4.74 Å². The number of rotatable bonds is 1. The van der Waals surface area contributed by atoms with E-state index < -0.39 is 0 Å². The summed E-state index contributed by atoms with van der Waals surface area (Å²) >= 11 is 3.55. The Bertz CT molecular complexity index is 521. The molecule has 2 heterocycles. The van der Waals surface area contributed by atoms with Crippen molar-refractivity contribution in [3.63, 3.8) is 0 Å². The van der Waals surface area contributed by atoms with Crippen molar-refractivity contribution in [3.05, 3.63) is 46.2 Å². The van der Waals surface area contributed by atoms with Crippen LogP contribution in [0.15, 0.2) is 34.9 Å². The van der Waals surface area contributed by atoms with E-state index in [1.807, 2.05) is 29.1 Å². The molecule has 0 spiro atoms. The van der Waals surface area contributed by atoms with Gasteiger partial charge in [0.2, 0.25) is 0 Å². The predicted molar refractivity (Wildman–Crippen MR) is 64.6 cm³/mol. The molecular formula is C12H11BrN2O. The summed E-state index contributed by atoms with van der Waals surface area (Å²) in [4.78, 5) is 0. The number of hydrogen-bond donors (Lipinski definition) is 0. The van der Waals surface area contributed by atoms with Gasteiger partial charge in [0.15, 0.2) is 0 Å². The van der Waals surface area contributed by atoms with E-state index >= 15 is 0 Å². The first kappa shape index (κ1) is 10.1. The molecular weight excluding hydrogens is 268 g/mol. The Morgan fingerprint density at radius 3 is 3.06 bits per heavy atom. The second-order valence-corrected chi connectivity index (χ2v) is 4.64. The first-order chi connectivity index (χ1) is 7.86. The summed E-state index contributed by atoms with van der Waals surface area (Å²) < 4.78 is 8.47. The topological polar surface area (TPSA) is 27.1 Å². The molecule has 1 aromatic heterocycles. The smallest absolute Gasteiger partial charge is 0.0790 e. The molecule has 0 fully saturated rings. The maximum absolute atomic E-state index is 5.41. The van der Waals surface area contributed by atoms with E-state index in [0.29, 0.717) is 6.61 Å². The highest BCUT2D eigenvalue weighted by Gasteiger charge is 2.17. The standard InChI is InChI=1S/C12H11BrN2O/c13-10-3-1-2-4-12(10)15-11-5-6-16-8-9(11)7-14-15/h1-4,7H,5-6,8H2. The molecule has 1 aliphatic rings. The van der Waals surface area contributed by atoms with E-state index in [1.165, 1.54) is 11.3 Å². The van der Waals surface area contributed by atoms with Crippen LogP contribution in [0.1, 0.15) is 11.3 Å². The molecule has 0 saturated heterocycles. The number of hydrogen-bond acceptors (Lipinski definition) is 2. The summed E-state index contributed by atoms with van der Waals surface area (Å²) in [6.45, 7) is 1.46. The Morgan fingerprint density at radius 1 is 1.31 bits per heavy atom. The summed E-state index contributed by atoms with van der Waals surface area (Å²) in [5.74, 6) is 0. The van der Waals surface area contributed by atoms with Gasteiger partial charge >= 0.3 is 0 Å². The lowest BCUT2D eigenvalue weighted by Crippen LogP contribution is -2.13. The summed E-state index contributed by atoms with van der Waals surface area (Å²) in [6, 6.07) is 8.12. The zero-order chi connectivity index (χ0) is 11.0. The van der Waals surface area contributed by atoms with Crippen molar-refractivity contribution in [1.82, 2.24) is 9.78 Å². The highest BCUT2D eigenvalue weighted by Crippen LogP contribution is 2.25. The van der Waals surface area contributed by atoms with Crippen molar-refractivity contribution < 1.29 is 4.74 Å². The molecule has 1 aliphatic heterocycles. The Hall–Kier alpha value is -1.13. The molecule has 2 aromatic rings. The van der Waals surface area contributed by atoms with Crippen molar-refractivity contribution in [2.45, 2.75) is 13.0 Å². The fourth-order valence-electron chi connectivity index (χ4n) is 1.98. The van der Waals surface area contributed by atoms with Crippen LogP contribution in [0, 0.1) is 0 Å². The minimum atomic E-state index is 0.680. The van der Waals surface area contributed by atoms with Gasteiger partial charge in [0.25, 0.3) is 0 Å². The van der Waals surface area contributed by atoms with Gasteiger partial charge in [-0.3, -0.25) is 0 Å². The first-order valence-corrected chi connectivity index (χ1v) is 6.04. The quantitative estimate of drug-likeness (QED) is 0.802. The third-order valence-corrected chi connectivity index (χ3v) is 3.45. The minimum Gasteiger partial charge on any atom is -0.376 e.